The van der Waals surface area contributed by atoms with Crippen LogP contribution in [0.3, 0.4) is 0 Å². The van der Waals surface area contributed by atoms with E-state index in [9.17, 15) is 5.11 Å². The maximum Gasteiger partial charge on any atom is 0.0917 e. The number of rotatable bonds is 7. The van der Waals surface area contributed by atoms with Crippen LogP contribution in [-0.4, -0.2) is 22.6 Å². The Balaban J connectivity index is 2.14. The SMILES string of the molecule is CC[C@H](C)N(Cc1ccc(C)cc1C)C[C@@H](O)c1ccccc1. The third-order valence-electron chi connectivity index (χ3n) is 4.68. The average Bonchev–Trinajstić information content (AvgIpc) is 2.56. The lowest BCUT2D eigenvalue weighted by Gasteiger charge is -2.31. The molecule has 0 saturated heterocycles. The Morgan fingerprint density at radius 1 is 1.04 bits per heavy atom. The third-order valence-corrected chi connectivity index (χ3v) is 4.68. The monoisotopic (exact) mass is 311 g/mol. The molecule has 2 nitrogen and oxygen atoms in total. The van der Waals surface area contributed by atoms with Crippen LogP contribution in [0, 0.1) is 13.8 Å². The molecule has 0 unspecified atom stereocenters. The van der Waals surface area contributed by atoms with Crippen molar-refractivity contribution >= 4 is 0 Å². The molecule has 2 aromatic carbocycles. The Morgan fingerprint density at radius 2 is 1.74 bits per heavy atom. The summed E-state index contributed by atoms with van der Waals surface area (Å²) in [5, 5.41) is 10.6. The second-order valence-corrected chi connectivity index (χ2v) is 6.54. The van der Waals surface area contributed by atoms with Crippen molar-refractivity contribution < 1.29 is 5.11 Å². The molecule has 0 bridgehead atoms. The summed E-state index contributed by atoms with van der Waals surface area (Å²) < 4.78 is 0. The molecule has 0 amide bonds. The van der Waals surface area contributed by atoms with E-state index in [1.165, 1.54) is 16.7 Å². The smallest absolute Gasteiger partial charge is 0.0917 e. The minimum absolute atomic E-state index is 0.439. The van der Waals surface area contributed by atoms with E-state index in [1.807, 2.05) is 30.3 Å². The average molecular weight is 311 g/mol. The van der Waals surface area contributed by atoms with Crippen molar-refractivity contribution in [1.82, 2.24) is 4.90 Å². The second-order valence-electron chi connectivity index (χ2n) is 6.54. The fraction of sp³-hybridized carbons (Fsp3) is 0.429. The van der Waals surface area contributed by atoms with Gasteiger partial charge in [0.2, 0.25) is 0 Å². The lowest BCUT2D eigenvalue weighted by Crippen LogP contribution is -2.36. The first-order chi connectivity index (χ1) is 11.0. The molecule has 2 heteroatoms. The van der Waals surface area contributed by atoms with Gasteiger partial charge in [-0.25, -0.2) is 0 Å². The Labute approximate surface area is 140 Å². The van der Waals surface area contributed by atoms with Crippen molar-refractivity contribution in [3.8, 4) is 0 Å². The van der Waals surface area contributed by atoms with E-state index in [0.29, 0.717) is 12.6 Å². The highest BCUT2D eigenvalue weighted by atomic mass is 16.3. The predicted octanol–water partition coefficient (Wildman–Crippen LogP) is 4.64. The molecule has 0 aliphatic rings. The van der Waals surface area contributed by atoms with Gasteiger partial charge in [0.1, 0.15) is 0 Å². The zero-order valence-corrected chi connectivity index (χ0v) is 14.8. The van der Waals surface area contributed by atoms with Crippen LogP contribution in [0.4, 0.5) is 0 Å². The number of aliphatic hydroxyl groups excluding tert-OH is 1. The Hall–Kier alpha value is -1.64. The molecular weight excluding hydrogens is 282 g/mol. The number of aliphatic hydroxyl groups is 1. The van der Waals surface area contributed by atoms with E-state index in [0.717, 1.165) is 18.5 Å². The molecule has 0 heterocycles. The molecule has 2 atom stereocenters. The summed E-state index contributed by atoms with van der Waals surface area (Å²) in [6.07, 6.45) is 0.628. The van der Waals surface area contributed by atoms with Crippen molar-refractivity contribution in [3.63, 3.8) is 0 Å². The zero-order chi connectivity index (χ0) is 16.8. The molecular formula is C21H29NO. The number of benzene rings is 2. The van der Waals surface area contributed by atoms with E-state index >= 15 is 0 Å². The van der Waals surface area contributed by atoms with Gasteiger partial charge in [-0.15, -0.1) is 0 Å². The lowest BCUT2D eigenvalue weighted by atomic mass is 10.0. The summed E-state index contributed by atoms with van der Waals surface area (Å²) in [5.41, 5.74) is 4.95. The largest absolute Gasteiger partial charge is 0.387 e. The molecule has 0 fully saturated rings. The number of nitrogens with zero attached hydrogens (tertiary/aromatic N) is 1. The summed E-state index contributed by atoms with van der Waals surface area (Å²) >= 11 is 0. The van der Waals surface area contributed by atoms with Gasteiger partial charge in [-0.1, -0.05) is 61.0 Å². The van der Waals surface area contributed by atoms with Gasteiger partial charge in [0.15, 0.2) is 0 Å². The number of hydrogen-bond donors (Lipinski definition) is 1. The zero-order valence-electron chi connectivity index (χ0n) is 14.8. The first-order valence-corrected chi connectivity index (χ1v) is 8.54. The maximum atomic E-state index is 10.6. The Kier molecular flexibility index (Phi) is 6.37. The van der Waals surface area contributed by atoms with Crippen molar-refractivity contribution in [2.45, 2.75) is 52.8 Å². The molecule has 124 valence electrons. The quantitative estimate of drug-likeness (QED) is 0.805. The first-order valence-electron chi connectivity index (χ1n) is 8.54. The highest BCUT2D eigenvalue weighted by Gasteiger charge is 2.18. The Morgan fingerprint density at radius 3 is 2.35 bits per heavy atom. The normalized spacial score (nSPS) is 14.0. The van der Waals surface area contributed by atoms with Crippen LogP contribution in [0.1, 0.15) is 48.6 Å². The van der Waals surface area contributed by atoms with Gasteiger partial charge in [0.05, 0.1) is 6.10 Å². The van der Waals surface area contributed by atoms with E-state index in [4.69, 9.17) is 0 Å². The van der Waals surface area contributed by atoms with Crippen molar-refractivity contribution in [1.29, 1.82) is 0 Å². The maximum absolute atomic E-state index is 10.6. The van der Waals surface area contributed by atoms with Gasteiger partial charge in [0.25, 0.3) is 0 Å². The molecule has 0 saturated carbocycles. The Bertz CT molecular complexity index is 608. The van der Waals surface area contributed by atoms with Gasteiger partial charge in [-0.3, -0.25) is 4.90 Å². The second kappa shape index (κ2) is 8.28. The molecule has 0 aliphatic carbocycles. The molecule has 2 aromatic rings. The standard InChI is InChI=1S/C21H29NO/c1-5-18(4)22(14-20-12-11-16(2)13-17(20)3)15-21(23)19-9-7-6-8-10-19/h6-13,18,21,23H,5,14-15H2,1-4H3/t18-,21+/m0/s1. The van der Waals surface area contributed by atoms with Gasteiger partial charge in [-0.2, -0.15) is 0 Å². The lowest BCUT2D eigenvalue weighted by molar-refractivity contribution is 0.0846. The van der Waals surface area contributed by atoms with E-state index in [-0.39, 0.29) is 0 Å². The van der Waals surface area contributed by atoms with Crippen molar-refractivity contribution in [3.05, 3.63) is 70.8 Å². The van der Waals surface area contributed by atoms with Crippen LogP contribution in [0.5, 0.6) is 0 Å². The number of aryl methyl sites for hydroxylation is 2. The molecule has 1 N–H and O–H groups in total. The van der Waals surface area contributed by atoms with Crippen molar-refractivity contribution in [2.24, 2.45) is 0 Å². The van der Waals surface area contributed by atoms with Crippen LogP contribution in [0.15, 0.2) is 48.5 Å². The minimum Gasteiger partial charge on any atom is -0.387 e. The van der Waals surface area contributed by atoms with Gasteiger partial charge in [-0.05, 0) is 43.9 Å². The highest BCUT2D eigenvalue weighted by Crippen LogP contribution is 2.20. The van der Waals surface area contributed by atoms with Crippen LogP contribution in [0.2, 0.25) is 0 Å². The number of hydrogen-bond acceptors (Lipinski definition) is 2. The molecule has 0 spiro atoms. The summed E-state index contributed by atoms with van der Waals surface area (Å²) in [6, 6.07) is 17.0. The summed E-state index contributed by atoms with van der Waals surface area (Å²) in [4.78, 5) is 2.38. The summed E-state index contributed by atoms with van der Waals surface area (Å²) in [5.74, 6) is 0. The summed E-state index contributed by atoms with van der Waals surface area (Å²) in [6.45, 7) is 10.3. The fourth-order valence-corrected chi connectivity index (χ4v) is 2.90. The first kappa shape index (κ1) is 17.7. The van der Waals surface area contributed by atoms with Gasteiger partial charge < -0.3 is 5.11 Å². The topological polar surface area (TPSA) is 23.5 Å². The fourth-order valence-electron chi connectivity index (χ4n) is 2.90. The molecule has 0 radical (unpaired) electrons. The van der Waals surface area contributed by atoms with Crippen LogP contribution >= 0.6 is 0 Å². The third kappa shape index (κ3) is 4.92. The molecule has 2 rings (SSSR count). The minimum atomic E-state index is -0.448. The van der Waals surface area contributed by atoms with Crippen LogP contribution in [-0.2, 0) is 6.54 Å². The van der Waals surface area contributed by atoms with Gasteiger partial charge in [0, 0.05) is 19.1 Å². The van der Waals surface area contributed by atoms with Crippen LogP contribution in [0.25, 0.3) is 0 Å². The van der Waals surface area contributed by atoms with E-state index < -0.39 is 6.10 Å². The molecule has 23 heavy (non-hydrogen) atoms. The van der Waals surface area contributed by atoms with Crippen LogP contribution < -0.4 is 0 Å². The predicted molar refractivity (Wildman–Crippen MR) is 97.5 cm³/mol. The molecule has 0 aliphatic heterocycles. The van der Waals surface area contributed by atoms with E-state index in [2.05, 4.69) is 50.8 Å². The van der Waals surface area contributed by atoms with Crippen molar-refractivity contribution in [2.75, 3.05) is 6.54 Å². The highest BCUT2D eigenvalue weighted by molar-refractivity contribution is 5.30. The molecule has 0 aromatic heterocycles. The summed E-state index contributed by atoms with van der Waals surface area (Å²) in [7, 11) is 0. The van der Waals surface area contributed by atoms with E-state index in [1.54, 1.807) is 0 Å². The van der Waals surface area contributed by atoms with Gasteiger partial charge >= 0.3 is 0 Å².